The average molecular weight is 275 g/mol. The standard InChI is InChI=1S/C16H25N3O/c1-3-17-16(20)12-13-4-6-14(7-5-13)18-15-8-10-19(2)11-9-15/h4-7,15,18H,3,8-12H2,1-2H3,(H,17,20). The van der Waals surface area contributed by atoms with Gasteiger partial charge in [0.1, 0.15) is 0 Å². The molecular formula is C16H25N3O. The molecule has 1 aliphatic rings. The zero-order valence-electron chi connectivity index (χ0n) is 12.5. The van der Waals surface area contributed by atoms with Crippen LogP contribution in [0.2, 0.25) is 0 Å². The van der Waals surface area contributed by atoms with E-state index < -0.39 is 0 Å². The fourth-order valence-corrected chi connectivity index (χ4v) is 2.55. The smallest absolute Gasteiger partial charge is 0.224 e. The monoisotopic (exact) mass is 275 g/mol. The molecule has 1 aliphatic heterocycles. The number of hydrogen-bond acceptors (Lipinski definition) is 3. The van der Waals surface area contributed by atoms with Crippen LogP contribution in [-0.2, 0) is 11.2 Å². The Balaban J connectivity index is 1.83. The lowest BCUT2D eigenvalue weighted by atomic mass is 10.0. The number of anilines is 1. The minimum absolute atomic E-state index is 0.0866. The fraction of sp³-hybridized carbons (Fsp3) is 0.562. The van der Waals surface area contributed by atoms with Gasteiger partial charge in [0.05, 0.1) is 6.42 Å². The maximum absolute atomic E-state index is 11.5. The molecule has 0 saturated carbocycles. The second kappa shape index (κ2) is 7.29. The second-order valence-electron chi connectivity index (χ2n) is 5.55. The Kier molecular flexibility index (Phi) is 5.41. The summed E-state index contributed by atoms with van der Waals surface area (Å²) >= 11 is 0. The topological polar surface area (TPSA) is 44.4 Å². The number of likely N-dealkylation sites (tertiary alicyclic amines) is 1. The molecule has 0 unspecified atom stereocenters. The Morgan fingerprint density at radius 1 is 1.25 bits per heavy atom. The zero-order chi connectivity index (χ0) is 14.4. The third kappa shape index (κ3) is 4.53. The molecule has 2 N–H and O–H groups in total. The molecule has 4 nitrogen and oxygen atoms in total. The highest BCUT2D eigenvalue weighted by atomic mass is 16.1. The molecule has 0 bridgehead atoms. The van der Waals surface area contributed by atoms with Crippen LogP contribution in [0.5, 0.6) is 0 Å². The normalized spacial score (nSPS) is 16.9. The molecule has 0 atom stereocenters. The highest BCUT2D eigenvalue weighted by Crippen LogP contribution is 2.16. The molecule has 20 heavy (non-hydrogen) atoms. The summed E-state index contributed by atoms with van der Waals surface area (Å²) in [6.07, 6.45) is 2.84. The van der Waals surface area contributed by atoms with Gasteiger partial charge in [0.15, 0.2) is 0 Å². The summed E-state index contributed by atoms with van der Waals surface area (Å²) in [4.78, 5) is 13.9. The van der Waals surface area contributed by atoms with E-state index in [1.165, 1.54) is 12.8 Å². The lowest BCUT2D eigenvalue weighted by Crippen LogP contribution is -2.36. The first-order chi connectivity index (χ1) is 9.67. The lowest BCUT2D eigenvalue weighted by molar-refractivity contribution is -0.120. The van der Waals surface area contributed by atoms with Crippen molar-refractivity contribution in [1.29, 1.82) is 0 Å². The van der Waals surface area contributed by atoms with E-state index in [-0.39, 0.29) is 5.91 Å². The number of nitrogens with one attached hydrogen (secondary N) is 2. The minimum Gasteiger partial charge on any atom is -0.382 e. The summed E-state index contributed by atoms with van der Waals surface area (Å²) < 4.78 is 0. The Morgan fingerprint density at radius 2 is 1.90 bits per heavy atom. The SMILES string of the molecule is CCNC(=O)Cc1ccc(NC2CCN(C)CC2)cc1. The van der Waals surface area contributed by atoms with E-state index in [1.807, 2.05) is 19.1 Å². The molecule has 4 heteroatoms. The van der Waals surface area contributed by atoms with Gasteiger partial charge in [-0.3, -0.25) is 4.79 Å². The van der Waals surface area contributed by atoms with Gasteiger partial charge in [-0.25, -0.2) is 0 Å². The van der Waals surface area contributed by atoms with Gasteiger partial charge >= 0.3 is 0 Å². The Bertz CT molecular complexity index is 422. The number of hydrogen-bond donors (Lipinski definition) is 2. The van der Waals surface area contributed by atoms with Crippen LogP contribution in [0.15, 0.2) is 24.3 Å². The number of amides is 1. The van der Waals surface area contributed by atoms with Crippen molar-refractivity contribution in [2.75, 3.05) is 32.0 Å². The van der Waals surface area contributed by atoms with E-state index in [2.05, 4.69) is 34.7 Å². The number of carbonyl (C=O) groups is 1. The van der Waals surface area contributed by atoms with Crippen molar-refractivity contribution in [1.82, 2.24) is 10.2 Å². The second-order valence-corrected chi connectivity index (χ2v) is 5.55. The number of benzene rings is 1. The summed E-state index contributed by atoms with van der Waals surface area (Å²) in [5, 5.41) is 6.40. The van der Waals surface area contributed by atoms with Gasteiger partial charge in [-0.15, -0.1) is 0 Å². The van der Waals surface area contributed by atoms with Gasteiger partial charge < -0.3 is 15.5 Å². The Morgan fingerprint density at radius 3 is 2.50 bits per heavy atom. The third-order valence-corrected chi connectivity index (χ3v) is 3.78. The number of likely N-dealkylation sites (N-methyl/N-ethyl adjacent to an activating group) is 1. The van der Waals surface area contributed by atoms with E-state index >= 15 is 0 Å². The van der Waals surface area contributed by atoms with E-state index in [4.69, 9.17) is 0 Å². The summed E-state index contributed by atoms with van der Waals surface area (Å²) in [5.41, 5.74) is 2.21. The van der Waals surface area contributed by atoms with Crippen LogP contribution < -0.4 is 10.6 Å². The molecule has 2 rings (SSSR count). The molecular weight excluding hydrogens is 250 g/mol. The molecule has 1 aromatic carbocycles. The molecule has 110 valence electrons. The first kappa shape index (κ1) is 14.9. The van der Waals surface area contributed by atoms with E-state index in [0.29, 0.717) is 19.0 Å². The number of nitrogens with zero attached hydrogens (tertiary/aromatic N) is 1. The molecule has 0 aliphatic carbocycles. The summed E-state index contributed by atoms with van der Waals surface area (Å²) in [6.45, 7) is 4.95. The average Bonchev–Trinajstić information content (AvgIpc) is 2.44. The van der Waals surface area contributed by atoms with Gasteiger partial charge in [0.25, 0.3) is 0 Å². The first-order valence-corrected chi connectivity index (χ1v) is 7.48. The van der Waals surface area contributed by atoms with Crippen LogP contribution in [0, 0.1) is 0 Å². The molecule has 1 saturated heterocycles. The van der Waals surface area contributed by atoms with Gasteiger partial charge in [-0.1, -0.05) is 12.1 Å². The molecule has 1 aromatic rings. The van der Waals surface area contributed by atoms with Crippen LogP contribution in [0.1, 0.15) is 25.3 Å². The largest absolute Gasteiger partial charge is 0.382 e. The van der Waals surface area contributed by atoms with E-state index in [0.717, 1.165) is 24.3 Å². The van der Waals surface area contributed by atoms with Crippen LogP contribution >= 0.6 is 0 Å². The van der Waals surface area contributed by atoms with Crippen LogP contribution in [0.25, 0.3) is 0 Å². The number of rotatable bonds is 5. The Labute approximate surface area is 121 Å². The van der Waals surface area contributed by atoms with Gasteiger partial charge in [-0.2, -0.15) is 0 Å². The quantitative estimate of drug-likeness (QED) is 0.862. The van der Waals surface area contributed by atoms with Gasteiger partial charge in [0, 0.05) is 18.3 Å². The fourth-order valence-electron chi connectivity index (χ4n) is 2.55. The highest BCUT2D eigenvalue weighted by Gasteiger charge is 2.16. The predicted molar refractivity (Wildman–Crippen MR) is 83.0 cm³/mol. The minimum atomic E-state index is 0.0866. The molecule has 0 spiro atoms. The molecule has 1 fully saturated rings. The maximum atomic E-state index is 11.5. The van der Waals surface area contributed by atoms with Crippen molar-refractivity contribution in [3.05, 3.63) is 29.8 Å². The van der Waals surface area contributed by atoms with Crippen molar-refractivity contribution in [2.24, 2.45) is 0 Å². The zero-order valence-corrected chi connectivity index (χ0v) is 12.5. The molecule has 1 amide bonds. The van der Waals surface area contributed by atoms with Crippen molar-refractivity contribution < 1.29 is 4.79 Å². The van der Waals surface area contributed by atoms with Crippen molar-refractivity contribution in [2.45, 2.75) is 32.2 Å². The molecule has 0 radical (unpaired) electrons. The summed E-state index contributed by atoms with van der Waals surface area (Å²) in [7, 11) is 2.17. The van der Waals surface area contributed by atoms with Crippen molar-refractivity contribution >= 4 is 11.6 Å². The van der Waals surface area contributed by atoms with Gasteiger partial charge in [-0.05, 0) is 57.6 Å². The summed E-state index contributed by atoms with van der Waals surface area (Å²) in [5.74, 6) is 0.0866. The van der Waals surface area contributed by atoms with Crippen LogP contribution in [0.3, 0.4) is 0 Å². The Hall–Kier alpha value is -1.55. The van der Waals surface area contributed by atoms with E-state index in [1.54, 1.807) is 0 Å². The third-order valence-electron chi connectivity index (χ3n) is 3.78. The maximum Gasteiger partial charge on any atom is 0.224 e. The van der Waals surface area contributed by atoms with E-state index in [9.17, 15) is 4.79 Å². The summed E-state index contributed by atoms with van der Waals surface area (Å²) in [6, 6.07) is 8.79. The van der Waals surface area contributed by atoms with Crippen molar-refractivity contribution in [3.63, 3.8) is 0 Å². The first-order valence-electron chi connectivity index (χ1n) is 7.48. The predicted octanol–water partition coefficient (Wildman–Crippen LogP) is 1.87. The molecule has 0 aromatic heterocycles. The van der Waals surface area contributed by atoms with Gasteiger partial charge in [0.2, 0.25) is 5.91 Å². The van der Waals surface area contributed by atoms with Crippen molar-refractivity contribution in [3.8, 4) is 0 Å². The van der Waals surface area contributed by atoms with Crippen LogP contribution in [-0.4, -0.2) is 43.5 Å². The number of carbonyl (C=O) groups excluding carboxylic acids is 1. The molecule has 1 heterocycles. The number of piperidine rings is 1. The lowest BCUT2D eigenvalue weighted by Gasteiger charge is -2.30. The van der Waals surface area contributed by atoms with Crippen LogP contribution in [0.4, 0.5) is 5.69 Å². The highest BCUT2D eigenvalue weighted by molar-refractivity contribution is 5.78.